The van der Waals surface area contributed by atoms with E-state index in [-0.39, 0.29) is 0 Å². The normalized spacial score (nSPS) is 16.6. The number of pyridine rings is 1. The van der Waals surface area contributed by atoms with E-state index in [9.17, 15) is 0 Å². The Kier molecular flexibility index (Phi) is 2.80. The van der Waals surface area contributed by atoms with E-state index in [0.29, 0.717) is 0 Å². The highest BCUT2D eigenvalue weighted by Gasteiger charge is 2.16. The van der Waals surface area contributed by atoms with Crippen LogP contribution in [0.4, 0.5) is 5.69 Å². The van der Waals surface area contributed by atoms with Gasteiger partial charge < -0.3 is 5.32 Å². The van der Waals surface area contributed by atoms with Gasteiger partial charge in [0.05, 0.1) is 0 Å². The van der Waals surface area contributed by atoms with Crippen molar-refractivity contribution in [2.45, 2.75) is 25.7 Å². The van der Waals surface area contributed by atoms with Crippen LogP contribution in [0.5, 0.6) is 0 Å². The Bertz CT molecular complexity index is 242. The maximum Gasteiger partial charge on any atom is 0.0371 e. The molecule has 1 heterocycles. The molecule has 2 nitrogen and oxygen atoms in total. The molecule has 70 valence electrons. The van der Waals surface area contributed by atoms with Gasteiger partial charge in [0.25, 0.3) is 0 Å². The van der Waals surface area contributed by atoms with Crippen LogP contribution in [0.1, 0.15) is 25.7 Å². The van der Waals surface area contributed by atoms with E-state index in [1.54, 1.807) is 0 Å². The zero-order valence-electron chi connectivity index (χ0n) is 7.87. The summed E-state index contributed by atoms with van der Waals surface area (Å²) in [6.45, 7) is 1.11. The SMILES string of the molecule is c1cc(NCCC2CCC2)ccn1. The number of anilines is 1. The molecular formula is C11H16N2. The largest absolute Gasteiger partial charge is 0.385 e. The molecule has 1 aliphatic carbocycles. The van der Waals surface area contributed by atoms with Crippen LogP contribution in [0.2, 0.25) is 0 Å². The fourth-order valence-electron chi connectivity index (χ4n) is 1.67. The predicted octanol–water partition coefficient (Wildman–Crippen LogP) is 2.68. The van der Waals surface area contributed by atoms with Crippen molar-refractivity contribution in [3.05, 3.63) is 24.5 Å². The Morgan fingerprint density at radius 3 is 2.69 bits per heavy atom. The van der Waals surface area contributed by atoms with Crippen LogP contribution in [0.3, 0.4) is 0 Å². The summed E-state index contributed by atoms with van der Waals surface area (Å²) in [5.74, 6) is 0.995. The lowest BCUT2D eigenvalue weighted by atomic mass is 9.83. The number of hydrogen-bond donors (Lipinski definition) is 1. The van der Waals surface area contributed by atoms with Crippen molar-refractivity contribution in [1.29, 1.82) is 0 Å². The van der Waals surface area contributed by atoms with Crippen molar-refractivity contribution in [3.63, 3.8) is 0 Å². The van der Waals surface area contributed by atoms with Crippen molar-refractivity contribution in [3.8, 4) is 0 Å². The molecule has 13 heavy (non-hydrogen) atoms. The highest BCUT2D eigenvalue weighted by molar-refractivity contribution is 5.40. The van der Waals surface area contributed by atoms with Gasteiger partial charge in [-0.05, 0) is 24.5 Å². The second-order valence-corrected chi connectivity index (χ2v) is 3.75. The van der Waals surface area contributed by atoms with Gasteiger partial charge in [0.1, 0.15) is 0 Å². The Labute approximate surface area is 79.4 Å². The summed E-state index contributed by atoms with van der Waals surface area (Å²) in [5, 5.41) is 3.40. The van der Waals surface area contributed by atoms with E-state index in [4.69, 9.17) is 0 Å². The third-order valence-corrected chi connectivity index (χ3v) is 2.79. The van der Waals surface area contributed by atoms with E-state index in [2.05, 4.69) is 10.3 Å². The van der Waals surface area contributed by atoms with Gasteiger partial charge >= 0.3 is 0 Å². The topological polar surface area (TPSA) is 24.9 Å². The minimum absolute atomic E-state index is 0.995. The zero-order chi connectivity index (χ0) is 8.93. The van der Waals surface area contributed by atoms with Crippen LogP contribution in [0, 0.1) is 5.92 Å². The Hall–Kier alpha value is -1.05. The molecule has 0 atom stereocenters. The molecule has 0 aliphatic heterocycles. The summed E-state index contributed by atoms with van der Waals surface area (Å²) in [4.78, 5) is 3.98. The predicted molar refractivity (Wildman–Crippen MR) is 54.7 cm³/mol. The highest BCUT2D eigenvalue weighted by atomic mass is 14.9. The minimum Gasteiger partial charge on any atom is -0.385 e. The molecule has 0 unspecified atom stereocenters. The maximum absolute atomic E-state index is 3.98. The average Bonchev–Trinajstić information content (AvgIpc) is 2.11. The minimum atomic E-state index is 0.995. The first kappa shape index (κ1) is 8.54. The molecule has 1 N–H and O–H groups in total. The molecule has 0 bridgehead atoms. The van der Waals surface area contributed by atoms with Gasteiger partial charge in [0, 0.05) is 24.6 Å². The maximum atomic E-state index is 3.98. The van der Waals surface area contributed by atoms with Crippen LogP contribution in [-0.4, -0.2) is 11.5 Å². The lowest BCUT2D eigenvalue weighted by molar-refractivity contribution is 0.303. The van der Waals surface area contributed by atoms with Crippen LogP contribution < -0.4 is 5.32 Å². The first-order chi connectivity index (χ1) is 6.45. The van der Waals surface area contributed by atoms with Crippen LogP contribution >= 0.6 is 0 Å². The van der Waals surface area contributed by atoms with Crippen molar-refractivity contribution < 1.29 is 0 Å². The molecule has 0 spiro atoms. The summed E-state index contributed by atoms with van der Waals surface area (Å²) in [5.41, 5.74) is 1.19. The summed E-state index contributed by atoms with van der Waals surface area (Å²) in [6.07, 6.45) is 9.30. The second-order valence-electron chi connectivity index (χ2n) is 3.75. The molecule has 0 radical (unpaired) electrons. The highest BCUT2D eigenvalue weighted by Crippen LogP contribution is 2.29. The molecule has 2 heteroatoms. The van der Waals surface area contributed by atoms with Gasteiger partial charge in [-0.3, -0.25) is 4.98 Å². The van der Waals surface area contributed by atoms with E-state index in [1.165, 1.54) is 31.4 Å². The Balaban J connectivity index is 1.67. The van der Waals surface area contributed by atoms with Gasteiger partial charge in [-0.1, -0.05) is 19.3 Å². The van der Waals surface area contributed by atoms with E-state index in [1.807, 2.05) is 24.5 Å². The Morgan fingerprint density at radius 2 is 2.08 bits per heavy atom. The standard InChI is InChI=1S/C11H16N2/c1-2-10(3-1)4-9-13-11-5-7-12-8-6-11/h5-8,10H,1-4,9H2,(H,12,13). The molecule has 0 aromatic carbocycles. The first-order valence-corrected chi connectivity index (χ1v) is 5.09. The average molecular weight is 176 g/mol. The van der Waals surface area contributed by atoms with Crippen molar-refractivity contribution >= 4 is 5.69 Å². The summed E-state index contributed by atoms with van der Waals surface area (Å²) < 4.78 is 0. The van der Waals surface area contributed by atoms with Crippen LogP contribution in [-0.2, 0) is 0 Å². The van der Waals surface area contributed by atoms with Crippen LogP contribution in [0.25, 0.3) is 0 Å². The molecule has 1 fully saturated rings. The van der Waals surface area contributed by atoms with E-state index < -0.39 is 0 Å². The van der Waals surface area contributed by atoms with E-state index in [0.717, 1.165) is 12.5 Å². The zero-order valence-corrected chi connectivity index (χ0v) is 7.87. The quantitative estimate of drug-likeness (QED) is 0.763. The number of aromatic nitrogens is 1. The molecule has 1 saturated carbocycles. The summed E-state index contributed by atoms with van der Waals surface area (Å²) in [6, 6.07) is 4.03. The molecule has 1 aromatic heterocycles. The number of rotatable bonds is 4. The van der Waals surface area contributed by atoms with Gasteiger partial charge in [-0.15, -0.1) is 0 Å². The molecule has 1 aromatic rings. The molecule has 0 saturated heterocycles. The molecule has 2 rings (SSSR count). The second kappa shape index (κ2) is 4.26. The first-order valence-electron chi connectivity index (χ1n) is 5.09. The smallest absolute Gasteiger partial charge is 0.0371 e. The number of hydrogen-bond acceptors (Lipinski definition) is 2. The monoisotopic (exact) mass is 176 g/mol. The van der Waals surface area contributed by atoms with Gasteiger partial charge in [-0.25, -0.2) is 0 Å². The molecule has 0 amide bonds. The van der Waals surface area contributed by atoms with Gasteiger partial charge in [0.15, 0.2) is 0 Å². The Morgan fingerprint density at radius 1 is 1.31 bits per heavy atom. The fraction of sp³-hybridized carbons (Fsp3) is 0.545. The molecule has 1 aliphatic rings. The molecular weight excluding hydrogens is 160 g/mol. The van der Waals surface area contributed by atoms with Crippen molar-refractivity contribution in [1.82, 2.24) is 4.98 Å². The summed E-state index contributed by atoms with van der Waals surface area (Å²) in [7, 11) is 0. The van der Waals surface area contributed by atoms with Crippen LogP contribution in [0.15, 0.2) is 24.5 Å². The third kappa shape index (κ3) is 2.44. The number of nitrogens with one attached hydrogen (secondary N) is 1. The van der Waals surface area contributed by atoms with Crippen molar-refractivity contribution in [2.75, 3.05) is 11.9 Å². The van der Waals surface area contributed by atoms with Gasteiger partial charge in [-0.2, -0.15) is 0 Å². The lowest BCUT2D eigenvalue weighted by Crippen LogP contribution is -2.15. The summed E-state index contributed by atoms with van der Waals surface area (Å²) >= 11 is 0. The van der Waals surface area contributed by atoms with Gasteiger partial charge in [0.2, 0.25) is 0 Å². The lowest BCUT2D eigenvalue weighted by Gasteiger charge is -2.25. The van der Waals surface area contributed by atoms with E-state index >= 15 is 0 Å². The van der Waals surface area contributed by atoms with Crippen molar-refractivity contribution in [2.24, 2.45) is 5.92 Å². The number of nitrogens with zero attached hydrogens (tertiary/aromatic N) is 1. The fourth-order valence-corrected chi connectivity index (χ4v) is 1.67. The third-order valence-electron chi connectivity index (χ3n) is 2.79.